The maximum absolute atomic E-state index is 13.5. The molecule has 1 atom stereocenters. The second-order valence-corrected chi connectivity index (χ2v) is 6.09. The molecule has 0 bridgehead atoms. The van der Waals surface area contributed by atoms with Crippen LogP contribution in [0, 0.1) is 5.82 Å². The van der Waals surface area contributed by atoms with Gasteiger partial charge in [0.2, 0.25) is 0 Å². The van der Waals surface area contributed by atoms with Gasteiger partial charge in [0.15, 0.2) is 0 Å². The number of halogens is 1. The number of rotatable bonds is 3. The first-order chi connectivity index (χ1) is 12.2. The van der Waals surface area contributed by atoms with Crippen LogP contribution in [0.25, 0.3) is 5.82 Å². The van der Waals surface area contributed by atoms with Crippen LogP contribution in [0.5, 0.6) is 0 Å². The fourth-order valence-electron chi connectivity index (χ4n) is 3.30. The number of amides is 1. The lowest BCUT2D eigenvalue weighted by Gasteiger charge is -2.25. The van der Waals surface area contributed by atoms with Crippen LogP contribution in [0.3, 0.4) is 0 Å². The average molecular weight is 336 g/mol. The molecule has 3 aromatic rings. The van der Waals surface area contributed by atoms with E-state index in [-0.39, 0.29) is 17.8 Å². The lowest BCUT2D eigenvalue weighted by molar-refractivity contribution is 0.0735. The van der Waals surface area contributed by atoms with E-state index in [0.29, 0.717) is 17.9 Å². The molecular formula is C19H17FN4O. The van der Waals surface area contributed by atoms with Gasteiger partial charge in [0.1, 0.15) is 18.0 Å². The van der Waals surface area contributed by atoms with Crippen molar-refractivity contribution < 1.29 is 9.18 Å². The fraction of sp³-hybridized carbons (Fsp3) is 0.211. The molecule has 1 aromatic carbocycles. The second kappa shape index (κ2) is 6.47. The number of pyridine rings is 1. The van der Waals surface area contributed by atoms with E-state index in [1.165, 1.54) is 12.1 Å². The molecule has 1 unspecified atom stereocenters. The van der Waals surface area contributed by atoms with Gasteiger partial charge in [-0.1, -0.05) is 12.1 Å². The maximum atomic E-state index is 13.5. The number of nitrogens with zero attached hydrogens (tertiary/aromatic N) is 4. The summed E-state index contributed by atoms with van der Waals surface area (Å²) in [6.45, 7) is 0.670. The summed E-state index contributed by atoms with van der Waals surface area (Å²) in [6.07, 6.45) is 8.46. The van der Waals surface area contributed by atoms with Crippen LogP contribution in [0.1, 0.15) is 34.8 Å². The van der Waals surface area contributed by atoms with Gasteiger partial charge in [0.05, 0.1) is 11.6 Å². The molecule has 1 saturated heterocycles. The van der Waals surface area contributed by atoms with Gasteiger partial charge in [0.25, 0.3) is 5.91 Å². The maximum Gasteiger partial charge on any atom is 0.255 e. The Morgan fingerprint density at radius 1 is 1.24 bits per heavy atom. The summed E-state index contributed by atoms with van der Waals surface area (Å²) in [7, 11) is 0. The minimum absolute atomic E-state index is 0.0727. The number of aromatic nitrogens is 3. The first-order valence-corrected chi connectivity index (χ1v) is 8.23. The molecule has 0 spiro atoms. The van der Waals surface area contributed by atoms with Gasteiger partial charge in [-0.2, -0.15) is 0 Å². The average Bonchev–Trinajstić information content (AvgIpc) is 3.33. The van der Waals surface area contributed by atoms with Gasteiger partial charge >= 0.3 is 0 Å². The Labute approximate surface area is 144 Å². The van der Waals surface area contributed by atoms with Gasteiger partial charge in [-0.15, -0.1) is 0 Å². The molecule has 2 aromatic heterocycles. The third kappa shape index (κ3) is 3.03. The van der Waals surface area contributed by atoms with E-state index in [1.807, 2.05) is 11.0 Å². The van der Waals surface area contributed by atoms with Crippen molar-refractivity contribution in [3.05, 3.63) is 78.3 Å². The fourth-order valence-corrected chi connectivity index (χ4v) is 3.30. The number of benzene rings is 1. The number of carbonyl (C=O) groups is 1. The molecule has 1 aliphatic heterocycles. The molecule has 3 heterocycles. The standard InChI is InChI=1S/C19H17FN4O/c20-16-4-1-3-14(11-16)17-5-2-9-24(17)19(25)15-6-7-18(22-12-15)23-10-8-21-13-23/h1,3-4,6-8,10-13,17H,2,5,9H2. The third-order valence-electron chi connectivity index (χ3n) is 4.51. The van der Waals surface area contributed by atoms with Crippen molar-refractivity contribution in [2.75, 3.05) is 6.54 Å². The zero-order valence-corrected chi connectivity index (χ0v) is 13.5. The van der Waals surface area contributed by atoms with Crippen molar-refractivity contribution in [3.8, 4) is 5.82 Å². The van der Waals surface area contributed by atoms with Crippen molar-refractivity contribution in [3.63, 3.8) is 0 Å². The van der Waals surface area contributed by atoms with Gasteiger partial charge < -0.3 is 4.90 Å². The molecule has 1 amide bonds. The number of likely N-dealkylation sites (tertiary alicyclic amines) is 1. The molecule has 6 heteroatoms. The Hall–Kier alpha value is -3.02. The van der Waals surface area contributed by atoms with Crippen LogP contribution in [-0.4, -0.2) is 31.9 Å². The SMILES string of the molecule is O=C(c1ccc(-n2ccnc2)nc1)N1CCCC1c1cccc(F)c1. The highest BCUT2D eigenvalue weighted by molar-refractivity contribution is 5.94. The molecule has 5 nitrogen and oxygen atoms in total. The van der Waals surface area contributed by atoms with Crippen LogP contribution in [0.2, 0.25) is 0 Å². The van der Waals surface area contributed by atoms with Crippen molar-refractivity contribution in [1.29, 1.82) is 0 Å². The van der Waals surface area contributed by atoms with Crippen molar-refractivity contribution in [2.45, 2.75) is 18.9 Å². The molecule has 25 heavy (non-hydrogen) atoms. The van der Waals surface area contributed by atoms with E-state index < -0.39 is 0 Å². The number of hydrogen-bond donors (Lipinski definition) is 0. The lowest BCUT2D eigenvalue weighted by Crippen LogP contribution is -2.30. The van der Waals surface area contributed by atoms with E-state index in [1.54, 1.807) is 47.7 Å². The van der Waals surface area contributed by atoms with E-state index in [2.05, 4.69) is 9.97 Å². The molecule has 0 N–H and O–H groups in total. The highest BCUT2D eigenvalue weighted by atomic mass is 19.1. The summed E-state index contributed by atoms with van der Waals surface area (Å²) in [4.78, 5) is 23.0. The summed E-state index contributed by atoms with van der Waals surface area (Å²) in [5.41, 5.74) is 1.38. The van der Waals surface area contributed by atoms with E-state index >= 15 is 0 Å². The monoisotopic (exact) mass is 336 g/mol. The quantitative estimate of drug-likeness (QED) is 0.737. The predicted octanol–water partition coefficient (Wildman–Crippen LogP) is 3.38. The van der Waals surface area contributed by atoms with Crippen LogP contribution in [0.15, 0.2) is 61.3 Å². The van der Waals surface area contributed by atoms with E-state index in [4.69, 9.17) is 0 Å². The normalized spacial score (nSPS) is 17.0. The molecule has 0 radical (unpaired) electrons. The largest absolute Gasteiger partial charge is 0.332 e. The van der Waals surface area contributed by atoms with E-state index in [0.717, 1.165) is 18.4 Å². The van der Waals surface area contributed by atoms with Crippen LogP contribution in [-0.2, 0) is 0 Å². The Kier molecular flexibility index (Phi) is 4.01. The smallest absolute Gasteiger partial charge is 0.255 e. The highest BCUT2D eigenvalue weighted by Crippen LogP contribution is 2.33. The van der Waals surface area contributed by atoms with Crippen molar-refractivity contribution >= 4 is 5.91 Å². The Morgan fingerprint density at radius 3 is 2.88 bits per heavy atom. The van der Waals surface area contributed by atoms with Gasteiger partial charge in [-0.25, -0.2) is 14.4 Å². The predicted molar refractivity (Wildman–Crippen MR) is 90.8 cm³/mol. The minimum atomic E-state index is -0.275. The first-order valence-electron chi connectivity index (χ1n) is 8.23. The molecule has 4 rings (SSSR count). The van der Waals surface area contributed by atoms with Gasteiger partial charge in [-0.3, -0.25) is 9.36 Å². The zero-order valence-electron chi connectivity index (χ0n) is 13.5. The summed E-state index contributed by atoms with van der Waals surface area (Å²) in [6, 6.07) is 9.97. The zero-order chi connectivity index (χ0) is 17.2. The summed E-state index contributed by atoms with van der Waals surface area (Å²) in [5.74, 6) is 0.358. The third-order valence-corrected chi connectivity index (χ3v) is 4.51. The summed E-state index contributed by atoms with van der Waals surface area (Å²) < 4.78 is 15.3. The number of carbonyl (C=O) groups excluding carboxylic acids is 1. The Bertz CT molecular complexity index is 877. The van der Waals surface area contributed by atoms with E-state index in [9.17, 15) is 9.18 Å². The van der Waals surface area contributed by atoms with Crippen LogP contribution in [0.4, 0.5) is 4.39 Å². The molecule has 1 fully saturated rings. The van der Waals surface area contributed by atoms with Crippen molar-refractivity contribution in [1.82, 2.24) is 19.4 Å². The summed E-state index contributed by atoms with van der Waals surface area (Å²) in [5, 5.41) is 0. The molecule has 0 saturated carbocycles. The van der Waals surface area contributed by atoms with Gasteiger partial charge in [0, 0.05) is 25.1 Å². The van der Waals surface area contributed by atoms with Crippen LogP contribution < -0.4 is 0 Å². The highest BCUT2D eigenvalue weighted by Gasteiger charge is 2.30. The van der Waals surface area contributed by atoms with Crippen LogP contribution >= 0.6 is 0 Å². The Balaban J connectivity index is 1.57. The molecule has 1 aliphatic rings. The topological polar surface area (TPSA) is 51.0 Å². The minimum Gasteiger partial charge on any atom is -0.332 e. The summed E-state index contributed by atoms with van der Waals surface area (Å²) >= 11 is 0. The lowest BCUT2D eigenvalue weighted by atomic mass is 10.0. The van der Waals surface area contributed by atoms with Gasteiger partial charge in [-0.05, 0) is 42.7 Å². The molecule has 0 aliphatic carbocycles. The molecule has 126 valence electrons. The molecular weight excluding hydrogens is 319 g/mol. The first kappa shape index (κ1) is 15.5. The number of imidazole rings is 1. The van der Waals surface area contributed by atoms with Crippen molar-refractivity contribution in [2.24, 2.45) is 0 Å². The second-order valence-electron chi connectivity index (χ2n) is 6.09. The number of hydrogen-bond acceptors (Lipinski definition) is 3. The Morgan fingerprint density at radius 2 is 2.16 bits per heavy atom.